The van der Waals surface area contributed by atoms with Gasteiger partial charge in [-0.15, -0.1) is 0 Å². The van der Waals surface area contributed by atoms with E-state index >= 15 is 0 Å². The number of carboxylic acids is 1. The predicted molar refractivity (Wildman–Crippen MR) is 142 cm³/mol. The number of aromatic nitrogens is 3. The van der Waals surface area contributed by atoms with E-state index < -0.39 is 23.4 Å². The van der Waals surface area contributed by atoms with Crippen molar-refractivity contribution in [3.8, 4) is 23.1 Å². The Labute approximate surface area is 243 Å². The SMILES string of the molecule is O=C(O)c1cc(C(F)(F)F)cc(C#CC23CCC(OCc4c(-c5c(Cl)cncc5Cl)noc4C4CC4)(CC2)CC3)n1. The normalized spacial score (nSPS) is 23.7. The van der Waals surface area contributed by atoms with Crippen molar-refractivity contribution < 1.29 is 32.3 Å². The summed E-state index contributed by atoms with van der Waals surface area (Å²) in [5, 5.41) is 14.3. The van der Waals surface area contributed by atoms with Gasteiger partial charge in [-0.25, -0.2) is 9.78 Å². The molecule has 0 radical (unpaired) electrons. The van der Waals surface area contributed by atoms with Crippen molar-refractivity contribution in [3.05, 3.63) is 62.8 Å². The van der Waals surface area contributed by atoms with Gasteiger partial charge in [-0.05, 0) is 69.4 Å². The summed E-state index contributed by atoms with van der Waals surface area (Å²) in [6.07, 6.45) is 4.66. The molecule has 0 aromatic carbocycles. The zero-order chi connectivity index (χ0) is 29.0. The van der Waals surface area contributed by atoms with Gasteiger partial charge in [-0.1, -0.05) is 34.3 Å². The Kier molecular flexibility index (Phi) is 7.04. The van der Waals surface area contributed by atoms with E-state index in [1.165, 1.54) is 12.4 Å². The molecule has 0 saturated heterocycles. The van der Waals surface area contributed by atoms with Gasteiger partial charge in [0, 0.05) is 34.9 Å². The number of carbonyl (C=O) groups is 1. The highest BCUT2D eigenvalue weighted by Crippen LogP contribution is 2.54. The molecule has 0 amide bonds. The molecule has 3 heterocycles. The molecule has 41 heavy (non-hydrogen) atoms. The van der Waals surface area contributed by atoms with Gasteiger partial charge in [0.05, 0.1) is 27.8 Å². The number of nitrogens with zero attached hydrogens (tertiary/aromatic N) is 3. The molecule has 0 aliphatic heterocycles. The molecule has 4 fully saturated rings. The maximum absolute atomic E-state index is 13.3. The number of hydrogen-bond donors (Lipinski definition) is 1. The van der Waals surface area contributed by atoms with Crippen LogP contribution >= 0.6 is 23.2 Å². The van der Waals surface area contributed by atoms with Crippen LogP contribution in [0.3, 0.4) is 0 Å². The van der Waals surface area contributed by atoms with Gasteiger partial charge < -0.3 is 14.4 Å². The molecule has 0 spiro atoms. The predicted octanol–water partition coefficient (Wildman–Crippen LogP) is 7.69. The van der Waals surface area contributed by atoms with E-state index in [1.54, 1.807) is 0 Å². The second-order valence-electron chi connectivity index (χ2n) is 11.1. The Balaban J connectivity index is 1.19. The number of aromatic carboxylic acids is 1. The van der Waals surface area contributed by atoms with Crippen LogP contribution in [0.5, 0.6) is 0 Å². The van der Waals surface area contributed by atoms with Gasteiger partial charge >= 0.3 is 12.1 Å². The largest absolute Gasteiger partial charge is 0.477 e. The van der Waals surface area contributed by atoms with Gasteiger partial charge in [0.15, 0.2) is 0 Å². The molecule has 4 saturated carbocycles. The minimum Gasteiger partial charge on any atom is -0.477 e. The van der Waals surface area contributed by atoms with Gasteiger partial charge in [0.2, 0.25) is 0 Å². The van der Waals surface area contributed by atoms with E-state index in [0.717, 1.165) is 49.5 Å². The molecule has 3 aromatic rings. The summed E-state index contributed by atoms with van der Waals surface area (Å²) in [6, 6.07) is 1.31. The minimum absolute atomic E-state index is 0.203. The summed E-state index contributed by atoms with van der Waals surface area (Å²) in [5.41, 5.74) is -0.767. The number of carboxylic acid groups (broad SMARTS) is 1. The molecule has 214 valence electrons. The van der Waals surface area contributed by atoms with Gasteiger partial charge in [-0.3, -0.25) is 4.98 Å². The highest BCUT2D eigenvalue weighted by atomic mass is 35.5. The van der Waals surface area contributed by atoms with Crippen molar-refractivity contribution >= 4 is 29.2 Å². The first-order valence-corrected chi connectivity index (χ1v) is 14.0. The summed E-state index contributed by atoms with van der Waals surface area (Å²) in [7, 11) is 0. The van der Waals surface area contributed by atoms with Crippen molar-refractivity contribution in [1.29, 1.82) is 0 Å². The van der Waals surface area contributed by atoms with Gasteiger partial charge in [0.1, 0.15) is 22.8 Å². The number of rotatable bonds is 6. The highest BCUT2D eigenvalue weighted by Gasteiger charge is 2.49. The summed E-state index contributed by atoms with van der Waals surface area (Å²) in [5.74, 6) is 5.46. The number of ether oxygens (including phenoxy) is 1. The summed E-state index contributed by atoms with van der Waals surface area (Å²) >= 11 is 12.8. The lowest BCUT2D eigenvalue weighted by Crippen LogP contribution is -2.47. The van der Waals surface area contributed by atoms with Crippen LogP contribution in [-0.4, -0.2) is 31.8 Å². The number of hydrogen-bond acceptors (Lipinski definition) is 6. The molecule has 12 heteroatoms. The van der Waals surface area contributed by atoms with Crippen LogP contribution in [0.4, 0.5) is 13.2 Å². The number of fused-ring (bicyclic) bond motifs is 3. The van der Waals surface area contributed by atoms with E-state index in [9.17, 15) is 23.1 Å². The molecule has 7 nitrogen and oxygen atoms in total. The molecule has 4 aliphatic carbocycles. The van der Waals surface area contributed by atoms with Crippen LogP contribution < -0.4 is 0 Å². The maximum Gasteiger partial charge on any atom is 0.416 e. The average molecular weight is 606 g/mol. The second kappa shape index (κ2) is 10.3. The Hall–Kier alpha value is -3.13. The summed E-state index contributed by atoms with van der Waals surface area (Å²) < 4.78 is 52.2. The Morgan fingerprint density at radius 2 is 1.76 bits per heavy atom. The molecule has 0 atom stereocenters. The standard InChI is InChI=1S/C29H24Cl2F3N3O4/c30-20-13-35-14-21(31)23(20)24-19(25(41-37-24)16-1-2-16)15-40-28-8-5-27(6-9-28,7-10-28)4-3-18-11-17(29(32,33)34)12-22(36-18)26(38)39/h11-14,16H,1-2,5-10,15H2,(H,38,39). The number of pyridine rings is 2. The number of halogens is 5. The van der Waals surface area contributed by atoms with E-state index in [0.29, 0.717) is 52.5 Å². The molecule has 1 N–H and O–H groups in total. The van der Waals surface area contributed by atoms with Crippen molar-refractivity contribution in [1.82, 2.24) is 15.1 Å². The van der Waals surface area contributed by atoms with Crippen LogP contribution in [0.1, 0.15) is 90.4 Å². The first kappa shape index (κ1) is 28.0. The third-order valence-corrected chi connectivity index (χ3v) is 8.96. The minimum atomic E-state index is -4.70. The molecule has 0 unspecified atom stereocenters. The van der Waals surface area contributed by atoms with E-state index in [2.05, 4.69) is 27.0 Å². The zero-order valence-electron chi connectivity index (χ0n) is 21.7. The highest BCUT2D eigenvalue weighted by molar-refractivity contribution is 6.38. The molecule has 7 rings (SSSR count). The third-order valence-electron chi connectivity index (χ3n) is 8.38. The lowest BCUT2D eigenvalue weighted by atomic mass is 9.59. The van der Waals surface area contributed by atoms with Crippen molar-refractivity contribution in [2.45, 2.75) is 75.7 Å². The van der Waals surface area contributed by atoms with Crippen LogP contribution in [-0.2, 0) is 17.5 Å². The van der Waals surface area contributed by atoms with E-state index in [-0.39, 0.29) is 23.3 Å². The van der Waals surface area contributed by atoms with Crippen LogP contribution in [0.25, 0.3) is 11.3 Å². The molecule has 2 bridgehead atoms. The topological polar surface area (TPSA) is 98.3 Å². The number of alkyl halides is 3. The lowest BCUT2D eigenvalue weighted by molar-refractivity contribution is -0.137. The molecular formula is C29H24Cl2F3N3O4. The monoisotopic (exact) mass is 605 g/mol. The first-order chi connectivity index (χ1) is 19.5. The fraction of sp³-hybridized carbons (Fsp3) is 0.448. The van der Waals surface area contributed by atoms with Crippen molar-refractivity contribution in [3.63, 3.8) is 0 Å². The van der Waals surface area contributed by atoms with E-state index in [1.807, 2.05) is 0 Å². The summed E-state index contributed by atoms with van der Waals surface area (Å²) in [4.78, 5) is 19.2. The fourth-order valence-corrected chi connectivity index (χ4v) is 6.35. The zero-order valence-corrected chi connectivity index (χ0v) is 23.2. The second-order valence-corrected chi connectivity index (χ2v) is 11.9. The van der Waals surface area contributed by atoms with Gasteiger partial charge in [-0.2, -0.15) is 13.2 Å². The molecule has 3 aromatic heterocycles. The van der Waals surface area contributed by atoms with Crippen molar-refractivity contribution in [2.75, 3.05) is 0 Å². The quantitative estimate of drug-likeness (QED) is 0.287. The summed E-state index contributed by atoms with van der Waals surface area (Å²) in [6.45, 7) is 0.282. The van der Waals surface area contributed by atoms with Crippen LogP contribution in [0.15, 0.2) is 29.0 Å². The fourth-order valence-electron chi connectivity index (χ4n) is 5.81. The maximum atomic E-state index is 13.3. The Morgan fingerprint density at radius 3 is 2.34 bits per heavy atom. The first-order valence-electron chi connectivity index (χ1n) is 13.3. The molecular weight excluding hydrogens is 582 g/mol. The van der Waals surface area contributed by atoms with Crippen LogP contribution in [0, 0.1) is 17.3 Å². The van der Waals surface area contributed by atoms with Gasteiger partial charge in [0.25, 0.3) is 0 Å². The average Bonchev–Trinajstić information content (AvgIpc) is 3.71. The molecule has 4 aliphatic rings. The van der Waals surface area contributed by atoms with Crippen molar-refractivity contribution in [2.24, 2.45) is 5.41 Å². The smallest absolute Gasteiger partial charge is 0.416 e. The van der Waals surface area contributed by atoms with E-state index in [4.69, 9.17) is 32.5 Å². The third kappa shape index (κ3) is 5.55. The Bertz CT molecular complexity index is 1550. The van der Waals surface area contributed by atoms with Crippen LogP contribution in [0.2, 0.25) is 10.0 Å². The Morgan fingerprint density at radius 1 is 1.10 bits per heavy atom. The lowest BCUT2D eigenvalue weighted by Gasteiger charge is -2.51.